The highest BCUT2D eigenvalue weighted by atomic mass is 16.1. The molecule has 1 spiro atoms. The highest BCUT2D eigenvalue weighted by Gasteiger charge is 2.51. The van der Waals surface area contributed by atoms with Crippen LogP contribution in [0.1, 0.15) is 34.4 Å². The number of aryl methyl sites for hydroxylation is 2. The Kier molecular flexibility index (Phi) is 4.97. The number of hydrogen-bond donors (Lipinski definition) is 2. The van der Waals surface area contributed by atoms with Crippen LogP contribution < -0.4 is 15.8 Å². The second kappa shape index (κ2) is 7.70. The molecule has 5 heterocycles. The summed E-state index contributed by atoms with van der Waals surface area (Å²) in [5.74, 6) is -0.161. The van der Waals surface area contributed by atoms with E-state index in [-0.39, 0.29) is 11.5 Å². The van der Waals surface area contributed by atoms with Gasteiger partial charge in [0.25, 0.3) is 11.5 Å². The Morgan fingerprint density at radius 2 is 2.00 bits per heavy atom. The molecule has 0 radical (unpaired) electrons. The van der Waals surface area contributed by atoms with Gasteiger partial charge in [-0.25, -0.2) is 4.98 Å². The Hall–Kier alpha value is -3.26. The normalized spacial score (nSPS) is 17.3. The molecule has 8 heteroatoms. The molecule has 2 N–H and O–H groups in total. The number of nitrogens with one attached hydrogen (secondary N) is 2. The summed E-state index contributed by atoms with van der Waals surface area (Å²) in [5.41, 5.74) is 5.38. The van der Waals surface area contributed by atoms with E-state index in [4.69, 9.17) is 0 Å². The molecular formula is C24H28N6O2. The average Bonchev–Trinajstić information content (AvgIpc) is 2.73. The van der Waals surface area contributed by atoms with Crippen molar-refractivity contribution in [3.05, 3.63) is 63.5 Å². The minimum atomic E-state index is -0.161. The van der Waals surface area contributed by atoms with Crippen LogP contribution in [-0.4, -0.2) is 59.0 Å². The summed E-state index contributed by atoms with van der Waals surface area (Å²) >= 11 is 0. The number of anilines is 1. The van der Waals surface area contributed by atoms with Gasteiger partial charge in [0.15, 0.2) is 0 Å². The number of H-pyrrole nitrogens is 1. The largest absolute Gasteiger partial charge is 0.369 e. The van der Waals surface area contributed by atoms with E-state index in [1.54, 1.807) is 13.1 Å². The Bertz CT molecular complexity index is 1250. The highest BCUT2D eigenvalue weighted by molar-refractivity contribution is 5.92. The minimum absolute atomic E-state index is 0.0113. The monoisotopic (exact) mass is 432 g/mol. The van der Waals surface area contributed by atoms with Crippen LogP contribution in [0.3, 0.4) is 0 Å². The molecule has 8 nitrogen and oxygen atoms in total. The van der Waals surface area contributed by atoms with Crippen molar-refractivity contribution < 1.29 is 4.79 Å². The number of pyridine rings is 3. The zero-order valence-electron chi connectivity index (χ0n) is 18.7. The number of rotatable bonds is 5. The molecule has 2 saturated heterocycles. The second-order valence-corrected chi connectivity index (χ2v) is 9.12. The third-order valence-electron chi connectivity index (χ3n) is 6.66. The molecular weight excluding hydrogens is 404 g/mol. The van der Waals surface area contributed by atoms with E-state index < -0.39 is 0 Å². The predicted molar refractivity (Wildman–Crippen MR) is 124 cm³/mol. The third kappa shape index (κ3) is 3.54. The minimum Gasteiger partial charge on any atom is -0.369 e. The van der Waals surface area contributed by atoms with Crippen molar-refractivity contribution in [1.82, 2.24) is 25.2 Å². The molecule has 0 bridgehead atoms. The first-order chi connectivity index (χ1) is 15.4. The number of fused-ring (bicyclic) bond motifs is 1. The molecule has 0 unspecified atom stereocenters. The number of nitrogens with zero attached hydrogens (tertiary/aromatic N) is 4. The molecule has 0 aromatic carbocycles. The van der Waals surface area contributed by atoms with Gasteiger partial charge in [0.05, 0.1) is 22.6 Å². The fraction of sp³-hybridized carbons (Fsp3) is 0.417. The van der Waals surface area contributed by atoms with E-state index in [1.807, 2.05) is 38.2 Å². The van der Waals surface area contributed by atoms with Gasteiger partial charge in [-0.1, -0.05) is 6.92 Å². The van der Waals surface area contributed by atoms with Crippen LogP contribution in [0.2, 0.25) is 0 Å². The van der Waals surface area contributed by atoms with Crippen molar-refractivity contribution in [1.29, 1.82) is 0 Å². The lowest BCUT2D eigenvalue weighted by molar-refractivity contribution is -0.0280. The van der Waals surface area contributed by atoms with Crippen LogP contribution in [0.25, 0.3) is 10.9 Å². The topological polar surface area (TPSA) is 94.2 Å². The summed E-state index contributed by atoms with van der Waals surface area (Å²) in [7, 11) is 1.61. The van der Waals surface area contributed by atoms with Crippen LogP contribution >= 0.6 is 0 Å². The van der Waals surface area contributed by atoms with E-state index in [0.717, 1.165) is 66.3 Å². The van der Waals surface area contributed by atoms with Gasteiger partial charge < -0.3 is 15.2 Å². The van der Waals surface area contributed by atoms with Crippen LogP contribution in [0.5, 0.6) is 0 Å². The van der Waals surface area contributed by atoms with E-state index in [0.29, 0.717) is 17.5 Å². The number of hydrogen-bond acceptors (Lipinski definition) is 6. The van der Waals surface area contributed by atoms with Gasteiger partial charge in [-0.2, -0.15) is 0 Å². The van der Waals surface area contributed by atoms with Crippen molar-refractivity contribution in [2.75, 3.05) is 38.1 Å². The molecule has 5 rings (SSSR count). The number of amides is 1. The van der Waals surface area contributed by atoms with Gasteiger partial charge in [-0.3, -0.25) is 19.5 Å². The van der Waals surface area contributed by atoms with Crippen molar-refractivity contribution in [3.63, 3.8) is 0 Å². The molecule has 2 aliphatic heterocycles. The molecule has 0 atom stereocenters. The fourth-order valence-corrected chi connectivity index (χ4v) is 5.06. The Balaban J connectivity index is 1.19. The summed E-state index contributed by atoms with van der Waals surface area (Å²) in [6.07, 6.45) is 2.58. The van der Waals surface area contributed by atoms with Crippen LogP contribution in [0, 0.1) is 12.3 Å². The van der Waals surface area contributed by atoms with Crippen molar-refractivity contribution >= 4 is 22.5 Å². The maximum Gasteiger partial charge on any atom is 0.269 e. The number of aromatic amines is 1. The number of aromatic nitrogens is 3. The van der Waals surface area contributed by atoms with Gasteiger partial charge >= 0.3 is 0 Å². The molecule has 2 fully saturated rings. The van der Waals surface area contributed by atoms with Crippen LogP contribution in [-0.2, 0) is 13.0 Å². The number of carbonyl (C=O) groups excluding carboxylic acids is 1. The van der Waals surface area contributed by atoms with Crippen molar-refractivity contribution in [2.24, 2.45) is 5.41 Å². The molecule has 32 heavy (non-hydrogen) atoms. The summed E-state index contributed by atoms with van der Waals surface area (Å²) in [4.78, 5) is 40.7. The van der Waals surface area contributed by atoms with Gasteiger partial charge in [0.2, 0.25) is 0 Å². The zero-order valence-corrected chi connectivity index (χ0v) is 18.7. The first-order valence-corrected chi connectivity index (χ1v) is 11.1. The fourth-order valence-electron chi connectivity index (χ4n) is 5.06. The summed E-state index contributed by atoms with van der Waals surface area (Å²) in [5, 5.41) is 3.59. The Labute approximate surface area is 186 Å². The first kappa shape index (κ1) is 20.6. The molecule has 166 valence electrons. The summed E-state index contributed by atoms with van der Waals surface area (Å²) in [6, 6.07) is 7.72. The van der Waals surface area contributed by atoms with E-state index in [9.17, 15) is 9.59 Å². The van der Waals surface area contributed by atoms with Crippen LogP contribution in [0.4, 0.5) is 5.69 Å². The predicted octanol–water partition coefficient (Wildman–Crippen LogP) is 1.87. The lowest BCUT2D eigenvalue weighted by Gasteiger charge is -2.61. The average molecular weight is 433 g/mol. The Morgan fingerprint density at radius 1 is 1.22 bits per heavy atom. The summed E-state index contributed by atoms with van der Waals surface area (Å²) < 4.78 is 0. The first-order valence-electron chi connectivity index (χ1n) is 11.1. The Morgan fingerprint density at radius 3 is 2.69 bits per heavy atom. The van der Waals surface area contributed by atoms with E-state index >= 15 is 0 Å². The molecule has 2 aliphatic rings. The van der Waals surface area contributed by atoms with Crippen molar-refractivity contribution in [3.8, 4) is 0 Å². The maximum absolute atomic E-state index is 12.1. The molecule has 3 aromatic rings. The standard InChI is InChI=1S/C24H28N6O2/c1-4-16-7-17-9-26-18(8-20(17)28-22(16)31)10-29-11-24(12-29)13-30(14-24)21-6-5-19(23(32)25-3)27-15(21)2/h5-9H,4,10-14H2,1-3H3,(H,25,32)(H,28,31). The maximum atomic E-state index is 12.1. The third-order valence-corrected chi connectivity index (χ3v) is 6.66. The smallest absolute Gasteiger partial charge is 0.269 e. The van der Waals surface area contributed by atoms with Gasteiger partial charge in [-0.15, -0.1) is 0 Å². The molecule has 1 amide bonds. The quantitative estimate of drug-likeness (QED) is 0.639. The molecule has 3 aromatic heterocycles. The molecule has 0 aliphatic carbocycles. The van der Waals surface area contributed by atoms with Crippen molar-refractivity contribution in [2.45, 2.75) is 26.8 Å². The van der Waals surface area contributed by atoms with Gasteiger partial charge in [0, 0.05) is 62.3 Å². The van der Waals surface area contributed by atoms with Gasteiger partial charge in [-0.05, 0) is 37.6 Å². The lowest BCUT2D eigenvalue weighted by atomic mass is 9.72. The van der Waals surface area contributed by atoms with Gasteiger partial charge in [0.1, 0.15) is 5.69 Å². The molecule has 0 saturated carbocycles. The van der Waals surface area contributed by atoms with E-state index in [1.165, 1.54) is 0 Å². The highest BCUT2D eigenvalue weighted by Crippen LogP contribution is 2.42. The number of likely N-dealkylation sites (tertiary alicyclic amines) is 1. The van der Waals surface area contributed by atoms with E-state index in [2.05, 4.69) is 30.1 Å². The lowest BCUT2D eigenvalue weighted by Crippen LogP contribution is -2.72. The second-order valence-electron chi connectivity index (χ2n) is 9.12. The van der Waals surface area contributed by atoms with Crippen LogP contribution in [0.15, 0.2) is 35.3 Å². The SMILES string of the molecule is CCc1cc2cnc(CN3CC4(C3)CN(c3ccc(C(=O)NC)nc3C)C4)cc2[nH]c1=O. The number of carbonyl (C=O) groups is 1. The zero-order chi connectivity index (χ0) is 22.5. The summed E-state index contributed by atoms with van der Waals surface area (Å²) in [6.45, 7) is 8.81.